The van der Waals surface area contributed by atoms with Gasteiger partial charge >= 0.3 is 5.97 Å². The van der Waals surface area contributed by atoms with Crippen molar-refractivity contribution in [3.8, 4) is 0 Å². The number of carboxylic acid groups (broad SMARTS) is 1. The lowest BCUT2D eigenvalue weighted by Gasteiger charge is -2.21. The Morgan fingerprint density at radius 3 is 2.81 bits per heavy atom. The van der Waals surface area contributed by atoms with Crippen molar-refractivity contribution < 1.29 is 14.7 Å². The zero-order valence-corrected chi connectivity index (χ0v) is 11.8. The van der Waals surface area contributed by atoms with Crippen molar-refractivity contribution in [2.45, 2.75) is 13.0 Å². The van der Waals surface area contributed by atoms with Crippen LogP contribution in [0.3, 0.4) is 0 Å². The van der Waals surface area contributed by atoms with Gasteiger partial charge in [0.25, 0.3) is 0 Å². The normalized spacial score (nSPS) is 10.3. The summed E-state index contributed by atoms with van der Waals surface area (Å²) >= 11 is 5.88. The first-order chi connectivity index (χ1) is 10.1. The average Bonchev–Trinajstić information content (AvgIpc) is 2.95. The standard InChI is InChI=1S/C13H13ClN4O3/c14-10-2-1-3-11(8-10)18(9-13(20)21)12(19)4-6-17-7-5-15-16-17/h1-3,5,7-8H,4,6,9H2,(H,20,21). The van der Waals surface area contributed by atoms with Crippen molar-refractivity contribution in [3.63, 3.8) is 0 Å². The molecular formula is C13H13ClN4O3. The molecule has 1 heterocycles. The molecule has 0 radical (unpaired) electrons. The van der Waals surface area contributed by atoms with Gasteiger partial charge in [0.05, 0.1) is 12.7 Å². The van der Waals surface area contributed by atoms with Crippen LogP contribution in [-0.2, 0) is 16.1 Å². The van der Waals surface area contributed by atoms with Crippen LogP contribution >= 0.6 is 11.6 Å². The maximum Gasteiger partial charge on any atom is 0.323 e. The second-order valence-electron chi connectivity index (χ2n) is 4.27. The Bertz CT molecular complexity index is 630. The van der Waals surface area contributed by atoms with Gasteiger partial charge in [-0.05, 0) is 18.2 Å². The maximum absolute atomic E-state index is 12.2. The van der Waals surface area contributed by atoms with Crippen LogP contribution in [0.4, 0.5) is 5.69 Å². The topological polar surface area (TPSA) is 88.3 Å². The van der Waals surface area contributed by atoms with E-state index in [-0.39, 0.29) is 12.3 Å². The highest BCUT2D eigenvalue weighted by molar-refractivity contribution is 6.30. The van der Waals surface area contributed by atoms with Crippen molar-refractivity contribution in [2.75, 3.05) is 11.4 Å². The van der Waals surface area contributed by atoms with Gasteiger partial charge in [-0.3, -0.25) is 14.3 Å². The fourth-order valence-corrected chi connectivity index (χ4v) is 1.98. The molecule has 0 aliphatic carbocycles. The molecule has 0 fully saturated rings. The smallest absolute Gasteiger partial charge is 0.323 e. The summed E-state index contributed by atoms with van der Waals surface area (Å²) in [5.74, 6) is -1.42. The molecule has 0 saturated heterocycles. The molecule has 1 aromatic carbocycles. The average molecular weight is 309 g/mol. The van der Waals surface area contributed by atoms with Crippen LogP contribution in [0, 0.1) is 0 Å². The molecule has 1 amide bonds. The van der Waals surface area contributed by atoms with Gasteiger partial charge in [0.1, 0.15) is 6.54 Å². The minimum absolute atomic E-state index is 0.114. The predicted molar refractivity (Wildman–Crippen MR) is 76.1 cm³/mol. The Labute approximate surface area is 125 Å². The van der Waals surface area contributed by atoms with Gasteiger partial charge in [-0.2, -0.15) is 0 Å². The van der Waals surface area contributed by atoms with Crippen LogP contribution < -0.4 is 4.90 Å². The van der Waals surface area contributed by atoms with E-state index >= 15 is 0 Å². The number of hydrogen-bond donors (Lipinski definition) is 1. The molecule has 0 spiro atoms. The predicted octanol–water partition coefficient (Wildman–Crippen LogP) is 1.44. The van der Waals surface area contributed by atoms with Crippen LogP contribution in [0.25, 0.3) is 0 Å². The molecule has 2 rings (SSSR count). The third kappa shape index (κ3) is 4.28. The van der Waals surface area contributed by atoms with Crippen molar-refractivity contribution in [1.82, 2.24) is 15.0 Å². The van der Waals surface area contributed by atoms with Gasteiger partial charge in [-0.1, -0.05) is 22.9 Å². The summed E-state index contributed by atoms with van der Waals surface area (Å²) in [6.45, 7) is -0.0912. The Morgan fingerprint density at radius 1 is 1.38 bits per heavy atom. The van der Waals surface area contributed by atoms with E-state index in [0.29, 0.717) is 17.3 Å². The summed E-state index contributed by atoms with van der Waals surface area (Å²) in [7, 11) is 0. The lowest BCUT2D eigenvalue weighted by Crippen LogP contribution is -2.36. The molecule has 21 heavy (non-hydrogen) atoms. The van der Waals surface area contributed by atoms with E-state index < -0.39 is 12.5 Å². The molecule has 0 unspecified atom stereocenters. The number of rotatable bonds is 6. The highest BCUT2D eigenvalue weighted by Crippen LogP contribution is 2.20. The summed E-state index contributed by atoms with van der Waals surface area (Å²) in [6.07, 6.45) is 3.26. The number of nitrogens with zero attached hydrogens (tertiary/aromatic N) is 4. The number of halogens is 1. The number of carbonyl (C=O) groups is 2. The number of carboxylic acids is 1. The first kappa shape index (κ1) is 15.0. The maximum atomic E-state index is 12.2. The van der Waals surface area contributed by atoms with E-state index in [1.165, 1.54) is 15.8 Å². The van der Waals surface area contributed by atoms with Gasteiger partial charge in [0, 0.05) is 23.3 Å². The summed E-state index contributed by atoms with van der Waals surface area (Å²) in [6, 6.07) is 6.52. The van der Waals surface area contributed by atoms with Crippen molar-refractivity contribution in [2.24, 2.45) is 0 Å². The molecule has 110 valence electrons. The summed E-state index contributed by atoms with van der Waals surface area (Å²) in [5.41, 5.74) is 0.452. The van der Waals surface area contributed by atoms with Crippen LogP contribution in [0.1, 0.15) is 6.42 Å². The number of aliphatic carboxylic acids is 1. The highest BCUT2D eigenvalue weighted by atomic mass is 35.5. The highest BCUT2D eigenvalue weighted by Gasteiger charge is 2.19. The van der Waals surface area contributed by atoms with Crippen molar-refractivity contribution >= 4 is 29.2 Å². The third-order valence-corrected chi connectivity index (χ3v) is 2.98. The minimum atomic E-state index is -1.09. The Morgan fingerprint density at radius 2 is 2.19 bits per heavy atom. The van der Waals surface area contributed by atoms with Gasteiger partial charge in [0.2, 0.25) is 5.91 Å². The van der Waals surface area contributed by atoms with E-state index in [0.717, 1.165) is 0 Å². The minimum Gasteiger partial charge on any atom is -0.480 e. The SMILES string of the molecule is O=C(O)CN(C(=O)CCn1ccnn1)c1cccc(Cl)c1. The molecule has 1 aromatic heterocycles. The van der Waals surface area contributed by atoms with E-state index in [1.54, 1.807) is 30.5 Å². The largest absolute Gasteiger partial charge is 0.480 e. The number of amides is 1. The summed E-state index contributed by atoms with van der Waals surface area (Å²) in [4.78, 5) is 24.4. The van der Waals surface area contributed by atoms with E-state index in [2.05, 4.69) is 10.3 Å². The lowest BCUT2D eigenvalue weighted by molar-refractivity contribution is -0.136. The first-order valence-corrected chi connectivity index (χ1v) is 6.56. The molecule has 0 saturated carbocycles. The van der Waals surface area contributed by atoms with E-state index in [4.69, 9.17) is 16.7 Å². The zero-order valence-electron chi connectivity index (χ0n) is 11.0. The molecule has 0 aliphatic heterocycles. The summed E-state index contributed by atoms with van der Waals surface area (Å²) < 4.78 is 1.51. The second kappa shape index (κ2) is 6.85. The van der Waals surface area contributed by atoms with Crippen LogP contribution in [-0.4, -0.2) is 38.5 Å². The van der Waals surface area contributed by atoms with Gasteiger partial charge in [-0.25, -0.2) is 0 Å². The van der Waals surface area contributed by atoms with Crippen LogP contribution in [0.5, 0.6) is 0 Å². The fourth-order valence-electron chi connectivity index (χ4n) is 1.80. The quantitative estimate of drug-likeness (QED) is 0.872. The van der Waals surface area contributed by atoms with Crippen molar-refractivity contribution in [1.29, 1.82) is 0 Å². The number of aryl methyl sites for hydroxylation is 1. The number of carbonyl (C=O) groups excluding carboxylic acids is 1. The van der Waals surface area contributed by atoms with Crippen LogP contribution in [0.2, 0.25) is 5.02 Å². The number of benzene rings is 1. The molecule has 0 bridgehead atoms. The first-order valence-electron chi connectivity index (χ1n) is 6.18. The van der Waals surface area contributed by atoms with E-state index in [9.17, 15) is 9.59 Å². The molecular weight excluding hydrogens is 296 g/mol. The number of anilines is 1. The van der Waals surface area contributed by atoms with E-state index in [1.807, 2.05) is 0 Å². The number of hydrogen-bond acceptors (Lipinski definition) is 4. The monoisotopic (exact) mass is 308 g/mol. The Kier molecular flexibility index (Phi) is 4.89. The Hall–Kier alpha value is -2.41. The molecule has 0 atom stereocenters. The molecule has 0 aliphatic rings. The van der Waals surface area contributed by atoms with Gasteiger partial charge in [0.15, 0.2) is 0 Å². The number of aromatic nitrogens is 3. The fraction of sp³-hybridized carbons (Fsp3) is 0.231. The Balaban J connectivity index is 2.11. The van der Waals surface area contributed by atoms with Crippen LogP contribution in [0.15, 0.2) is 36.7 Å². The summed E-state index contributed by atoms with van der Waals surface area (Å²) in [5, 5.41) is 16.8. The zero-order chi connectivity index (χ0) is 15.2. The molecule has 2 aromatic rings. The lowest BCUT2D eigenvalue weighted by atomic mass is 10.2. The molecule has 7 nitrogen and oxygen atoms in total. The van der Waals surface area contributed by atoms with Gasteiger partial charge < -0.3 is 10.0 Å². The molecule has 8 heteroatoms. The van der Waals surface area contributed by atoms with Crippen molar-refractivity contribution in [3.05, 3.63) is 41.7 Å². The third-order valence-electron chi connectivity index (χ3n) is 2.74. The van der Waals surface area contributed by atoms with Gasteiger partial charge in [-0.15, -0.1) is 5.10 Å². The second-order valence-corrected chi connectivity index (χ2v) is 4.71. The molecule has 1 N–H and O–H groups in total.